The van der Waals surface area contributed by atoms with Crippen LogP contribution in [-0.4, -0.2) is 53.9 Å². The first kappa shape index (κ1) is 17.5. The van der Waals surface area contributed by atoms with Crippen molar-refractivity contribution in [3.05, 3.63) is 53.6 Å². The summed E-state index contributed by atoms with van der Waals surface area (Å²) in [5, 5.41) is 0. The molecule has 7 heteroatoms. The SMILES string of the molecule is CC(=O)N1CC2Oc3cc(-c4ccc(F)cc4F)ccc3C(=O)N(C)C2C1. The van der Waals surface area contributed by atoms with Crippen LogP contribution in [-0.2, 0) is 4.79 Å². The zero-order chi connectivity index (χ0) is 19.3. The molecule has 2 aromatic carbocycles. The Hall–Kier alpha value is -2.96. The molecule has 0 saturated carbocycles. The lowest BCUT2D eigenvalue weighted by atomic mass is 10.0. The molecule has 2 aliphatic rings. The van der Waals surface area contributed by atoms with Crippen LogP contribution in [0.1, 0.15) is 17.3 Å². The molecule has 0 radical (unpaired) electrons. The van der Waals surface area contributed by atoms with Crippen molar-refractivity contribution in [1.82, 2.24) is 9.80 Å². The first-order valence-corrected chi connectivity index (χ1v) is 8.64. The summed E-state index contributed by atoms with van der Waals surface area (Å²) < 4.78 is 33.4. The summed E-state index contributed by atoms with van der Waals surface area (Å²) in [6.45, 7) is 2.28. The van der Waals surface area contributed by atoms with Crippen molar-refractivity contribution in [3.63, 3.8) is 0 Å². The average molecular weight is 372 g/mol. The van der Waals surface area contributed by atoms with Gasteiger partial charge in [0.25, 0.3) is 5.91 Å². The standard InChI is InChI=1S/C20H18F2N2O3/c1-11(25)24-9-17-19(10-24)27-18-7-12(3-5-15(18)20(26)23(17)2)14-6-4-13(21)8-16(14)22/h3-8,17,19H,9-10H2,1-2H3. The van der Waals surface area contributed by atoms with E-state index < -0.39 is 11.6 Å². The second-order valence-corrected chi connectivity index (χ2v) is 6.90. The molecule has 5 nitrogen and oxygen atoms in total. The maximum Gasteiger partial charge on any atom is 0.257 e. The summed E-state index contributed by atoms with van der Waals surface area (Å²) in [5.41, 5.74) is 1.09. The molecule has 0 bridgehead atoms. The van der Waals surface area contributed by atoms with Crippen LogP contribution in [0, 0.1) is 11.6 Å². The number of ether oxygens (including phenoxy) is 1. The van der Waals surface area contributed by atoms with E-state index in [2.05, 4.69) is 0 Å². The van der Waals surface area contributed by atoms with Gasteiger partial charge < -0.3 is 14.5 Å². The number of rotatable bonds is 1. The largest absolute Gasteiger partial charge is 0.485 e. The Morgan fingerprint density at radius 3 is 2.56 bits per heavy atom. The Morgan fingerprint density at radius 2 is 1.85 bits per heavy atom. The molecule has 0 N–H and O–H groups in total. The Kier molecular flexibility index (Phi) is 4.09. The average Bonchev–Trinajstić information content (AvgIpc) is 3.01. The van der Waals surface area contributed by atoms with Gasteiger partial charge in [-0.3, -0.25) is 9.59 Å². The van der Waals surface area contributed by atoms with E-state index in [0.29, 0.717) is 30.0 Å². The molecule has 4 rings (SSSR count). The van der Waals surface area contributed by atoms with Gasteiger partial charge in [0.05, 0.1) is 18.2 Å². The number of fused-ring (bicyclic) bond motifs is 2. The van der Waals surface area contributed by atoms with Gasteiger partial charge in [0.2, 0.25) is 5.91 Å². The molecule has 2 aliphatic heterocycles. The third-order valence-corrected chi connectivity index (χ3v) is 5.23. The second-order valence-electron chi connectivity index (χ2n) is 6.90. The van der Waals surface area contributed by atoms with Gasteiger partial charge >= 0.3 is 0 Å². The van der Waals surface area contributed by atoms with E-state index in [1.54, 1.807) is 35.0 Å². The molecular weight excluding hydrogens is 354 g/mol. The number of carbonyl (C=O) groups is 2. The number of hydrogen-bond donors (Lipinski definition) is 0. The highest BCUT2D eigenvalue weighted by Gasteiger charge is 2.43. The predicted octanol–water partition coefficient (Wildman–Crippen LogP) is 2.70. The van der Waals surface area contributed by atoms with Crippen LogP contribution in [0.3, 0.4) is 0 Å². The molecule has 27 heavy (non-hydrogen) atoms. The minimum atomic E-state index is -0.687. The number of nitrogens with zero attached hydrogens (tertiary/aromatic N) is 2. The molecule has 0 aliphatic carbocycles. The number of likely N-dealkylation sites (tertiary alicyclic amines) is 1. The van der Waals surface area contributed by atoms with E-state index >= 15 is 0 Å². The Balaban J connectivity index is 1.74. The van der Waals surface area contributed by atoms with Crippen LogP contribution in [0.25, 0.3) is 11.1 Å². The lowest BCUT2D eigenvalue weighted by Gasteiger charge is -2.24. The van der Waals surface area contributed by atoms with E-state index in [-0.39, 0.29) is 29.5 Å². The van der Waals surface area contributed by atoms with Gasteiger partial charge in [-0.2, -0.15) is 0 Å². The lowest BCUT2D eigenvalue weighted by Crippen LogP contribution is -2.44. The molecule has 1 fully saturated rings. The quantitative estimate of drug-likeness (QED) is 0.773. The molecule has 140 valence electrons. The van der Waals surface area contributed by atoms with Crippen molar-refractivity contribution < 1.29 is 23.1 Å². The lowest BCUT2D eigenvalue weighted by molar-refractivity contribution is -0.128. The molecule has 2 amide bonds. The normalized spacial score (nSPS) is 21.4. The fraction of sp³-hybridized carbons (Fsp3) is 0.300. The molecule has 2 aromatic rings. The fourth-order valence-electron chi connectivity index (χ4n) is 3.69. The van der Waals surface area contributed by atoms with Crippen LogP contribution >= 0.6 is 0 Å². The molecule has 2 unspecified atom stereocenters. The topological polar surface area (TPSA) is 49.9 Å². The summed E-state index contributed by atoms with van der Waals surface area (Å²) in [7, 11) is 1.69. The fourth-order valence-corrected chi connectivity index (χ4v) is 3.69. The maximum absolute atomic E-state index is 14.1. The van der Waals surface area contributed by atoms with Crippen LogP contribution in [0.15, 0.2) is 36.4 Å². The third kappa shape index (κ3) is 2.93. The molecule has 0 aromatic heterocycles. The first-order chi connectivity index (χ1) is 12.8. The van der Waals surface area contributed by atoms with Gasteiger partial charge in [-0.25, -0.2) is 8.78 Å². The second kappa shape index (κ2) is 6.33. The summed E-state index contributed by atoms with van der Waals surface area (Å²) in [6.07, 6.45) is -0.364. The Morgan fingerprint density at radius 1 is 1.11 bits per heavy atom. The zero-order valence-corrected chi connectivity index (χ0v) is 14.9. The highest BCUT2D eigenvalue weighted by Crippen LogP contribution is 2.35. The van der Waals surface area contributed by atoms with Gasteiger partial charge in [-0.05, 0) is 29.8 Å². The summed E-state index contributed by atoms with van der Waals surface area (Å²) in [5.74, 6) is -1.29. The number of amides is 2. The van der Waals surface area contributed by atoms with Gasteiger partial charge in [0.15, 0.2) is 0 Å². The minimum Gasteiger partial charge on any atom is -0.485 e. The van der Waals surface area contributed by atoms with Gasteiger partial charge in [-0.15, -0.1) is 0 Å². The molecule has 2 heterocycles. The number of carbonyl (C=O) groups excluding carboxylic acids is 2. The summed E-state index contributed by atoms with van der Waals surface area (Å²) in [6, 6.07) is 7.91. The summed E-state index contributed by atoms with van der Waals surface area (Å²) in [4.78, 5) is 27.8. The van der Waals surface area contributed by atoms with Crippen LogP contribution in [0.4, 0.5) is 8.78 Å². The predicted molar refractivity (Wildman–Crippen MR) is 94.3 cm³/mol. The molecule has 1 saturated heterocycles. The first-order valence-electron chi connectivity index (χ1n) is 8.64. The summed E-state index contributed by atoms with van der Waals surface area (Å²) >= 11 is 0. The van der Waals surface area contributed by atoms with Crippen LogP contribution < -0.4 is 4.74 Å². The molecule has 0 spiro atoms. The van der Waals surface area contributed by atoms with Crippen molar-refractivity contribution in [2.24, 2.45) is 0 Å². The highest BCUT2D eigenvalue weighted by atomic mass is 19.1. The minimum absolute atomic E-state index is 0.0742. The number of hydrogen-bond acceptors (Lipinski definition) is 3. The smallest absolute Gasteiger partial charge is 0.257 e. The van der Waals surface area contributed by atoms with Crippen molar-refractivity contribution in [2.45, 2.75) is 19.1 Å². The van der Waals surface area contributed by atoms with Gasteiger partial charge in [0, 0.05) is 32.1 Å². The van der Waals surface area contributed by atoms with E-state index in [0.717, 1.165) is 6.07 Å². The van der Waals surface area contributed by atoms with Gasteiger partial charge in [0.1, 0.15) is 23.5 Å². The van der Waals surface area contributed by atoms with Crippen molar-refractivity contribution in [1.29, 1.82) is 0 Å². The number of halogens is 2. The van der Waals surface area contributed by atoms with Crippen molar-refractivity contribution >= 4 is 11.8 Å². The van der Waals surface area contributed by atoms with E-state index in [1.807, 2.05) is 0 Å². The Bertz CT molecular complexity index is 947. The number of benzene rings is 2. The van der Waals surface area contributed by atoms with Crippen LogP contribution in [0.5, 0.6) is 5.75 Å². The van der Waals surface area contributed by atoms with E-state index in [9.17, 15) is 18.4 Å². The van der Waals surface area contributed by atoms with Crippen molar-refractivity contribution in [2.75, 3.05) is 20.1 Å². The molecule has 2 atom stereocenters. The highest BCUT2D eigenvalue weighted by molar-refractivity contribution is 5.98. The third-order valence-electron chi connectivity index (χ3n) is 5.23. The maximum atomic E-state index is 14.1. The van der Waals surface area contributed by atoms with E-state index in [4.69, 9.17) is 4.74 Å². The zero-order valence-electron chi connectivity index (χ0n) is 14.9. The van der Waals surface area contributed by atoms with Crippen molar-refractivity contribution in [3.8, 4) is 16.9 Å². The monoisotopic (exact) mass is 372 g/mol. The molecular formula is C20H18F2N2O3. The number of likely N-dealkylation sites (N-methyl/N-ethyl adjacent to an activating group) is 1. The van der Waals surface area contributed by atoms with Crippen LogP contribution in [0.2, 0.25) is 0 Å². The van der Waals surface area contributed by atoms with Gasteiger partial charge in [-0.1, -0.05) is 6.07 Å². The Labute approximate surface area is 155 Å². The van der Waals surface area contributed by atoms with E-state index in [1.165, 1.54) is 19.1 Å².